The number of nitrogens with zero attached hydrogens (tertiary/aromatic N) is 1. The predicted octanol–water partition coefficient (Wildman–Crippen LogP) is 4.15. The smallest absolute Gasteiger partial charge is 0.207 e. The lowest BCUT2D eigenvalue weighted by Crippen LogP contribution is -2.30. The van der Waals surface area contributed by atoms with Crippen molar-refractivity contribution < 1.29 is 8.42 Å². The Labute approximate surface area is 142 Å². The monoisotopic (exact) mass is 347 g/mol. The number of hydrogen-bond donors (Lipinski definition) is 0. The van der Waals surface area contributed by atoms with Crippen LogP contribution in [0.25, 0.3) is 0 Å². The molecule has 122 valence electrons. The van der Waals surface area contributed by atoms with Crippen LogP contribution in [0.5, 0.6) is 0 Å². The van der Waals surface area contributed by atoms with Gasteiger partial charge >= 0.3 is 0 Å². The lowest BCUT2D eigenvalue weighted by Gasteiger charge is -2.24. The van der Waals surface area contributed by atoms with Gasteiger partial charge in [0.25, 0.3) is 0 Å². The van der Waals surface area contributed by atoms with Crippen LogP contribution in [0.3, 0.4) is 0 Å². The van der Waals surface area contributed by atoms with Gasteiger partial charge in [-0.15, -0.1) is 11.3 Å². The molecule has 1 atom stereocenters. The van der Waals surface area contributed by atoms with Crippen LogP contribution in [0.4, 0.5) is 0 Å². The molecule has 1 aromatic heterocycles. The van der Waals surface area contributed by atoms with Crippen LogP contribution in [0.1, 0.15) is 47.7 Å². The Hall–Kier alpha value is -1.17. The number of rotatable bonds is 3. The first-order chi connectivity index (χ1) is 11.2. The zero-order chi connectivity index (χ0) is 15.9. The Morgan fingerprint density at radius 2 is 1.87 bits per heavy atom. The van der Waals surface area contributed by atoms with E-state index < -0.39 is 10.0 Å². The van der Waals surface area contributed by atoms with E-state index in [0.717, 1.165) is 37.0 Å². The molecule has 2 aliphatic rings. The van der Waals surface area contributed by atoms with Gasteiger partial charge in [-0.3, -0.25) is 0 Å². The first kappa shape index (κ1) is 15.4. The summed E-state index contributed by atoms with van der Waals surface area (Å²) in [4.78, 5) is 1.63. The fourth-order valence-electron chi connectivity index (χ4n) is 3.80. The number of fused-ring (bicyclic) bond motifs is 1. The first-order valence-corrected chi connectivity index (χ1v) is 10.7. The van der Waals surface area contributed by atoms with Crippen LogP contribution in [0.2, 0.25) is 0 Å². The van der Waals surface area contributed by atoms with Gasteiger partial charge in [-0.25, -0.2) is 8.42 Å². The zero-order valence-electron chi connectivity index (χ0n) is 13.1. The molecule has 1 unspecified atom stereocenters. The summed E-state index contributed by atoms with van der Waals surface area (Å²) in [6.07, 6.45) is 6.32. The van der Waals surface area contributed by atoms with Crippen LogP contribution in [-0.2, 0) is 22.9 Å². The fourth-order valence-corrected chi connectivity index (χ4v) is 6.46. The maximum Gasteiger partial charge on any atom is 0.243 e. The molecule has 1 saturated heterocycles. The van der Waals surface area contributed by atoms with E-state index in [1.165, 1.54) is 17.5 Å². The summed E-state index contributed by atoms with van der Waals surface area (Å²) in [6.45, 7) is 0.627. The molecule has 3 nitrogen and oxygen atoms in total. The van der Waals surface area contributed by atoms with E-state index in [2.05, 4.69) is 6.07 Å². The molecular weight excluding hydrogens is 326 g/mol. The molecule has 5 heteroatoms. The van der Waals surface area contributed by atoms with E-state index in [1.54, 1.807) is 15.6 Å². The van der Waals surface area contributed by atoms with Crippen LogP contribution < -0.4 is 0 Å². The highest BCUT2D eigenvalue weighted by Crippen LogP contribution is 2.38. The van der Waals surface area contributed by atoms with Gasteiger partial charge in [0, 0.05) is 11.4 Å². The van der Waals surface area contributed by atoms with Crippen LogP contribution in [-0.4, -0.2) is 19.3 Å². The van der Waals surface area contributed by atoms with Gasteiger partial charge in [0.1, 0.15) is 0 Å². The Bertz CT molecular complexity index is 796. The molecule has 0 spiro atoms. The number of thiophene rings is 1. The molecule has 0 amide bonds. The average molecular weight is 348 g/mol. The highest BCUT2D eigenvalue weighted by atomic mass is 32.2. The molecule has 1 aliphatic carbocycles. The van der Waals surface area contributed by atoms with Crippen LogP contribution >= 0.6 is 11.3 Å². The van der Waals surface area contributed by atoms with Gasteiger partial charge in [-0.05, 0) is 73.2 Å². The van der Waals surface area contributed by atoms with Gasteiger partial charge in [0.2, 0.25) is 10.0 Å². The topological polar surface area (TPSA) is 37.4 Å². The molecule has 0 saturated carbocycles. The molecule has 1 aromatic carbocycles. The molecule has 0 N–H and O–H groups in total. The highest BCUT2D eigenvalue weighted by Gasteiger charge is 2.36. The predicted molar refractivity (Wildman–Crippen MR) is 93.3 cm³/mol. The van der Waals surface area contributed by atoms with Gasteiger partial charge in [-0.1, -0.05) is 12.1 Å². The van der Waals surface area contributed by atoms with Crippen molar-refractivity contribution in [1.82, 2.24) is 4.31 Å². The third kappa shape index (κ3) is 2.75. The molecule has 1 aliphatic heterocycles. The van der Waals surface area contributed by atoms with Gasteiger partial charge in [0.15, 0.2) is 0 Å². The van der Waals surface area contributed by atoms with Gasteiger partial charge in [-0.2, -0.15) is 4.31 Å². The van der Waals surface area contributed by atoms with Gasteiger partial charge in [0.05, 0.1) is 10.9 Å². The Morgan fingerprint density at radius 3 is 2.65 bits per heavy atom. The second kappa shape index (κ2) is 6.04. The molecule has 2 heterocycles. The van der Waals surface area contributed by atoms with Crippen molar-refractivity contribution in [3.63, 3.8) is 0 Å². The average Bonchev–Trinajstić information content (AvgIpc) is 3.25. The SMILES string of the molecule is O=S(=O)(c1ccc2c(c1)CCCC2)N1CCCC1c1cccs1. The van der Waals surface area contributed by atoms with E-state index in [-0.39, 0.29) is 6.04 Å². The van der Waals surface area contributed by atoms with E-state index >= 15 is 0 Å². The fraction of sp³-hybridized carbons (Fsp3) is 0.444. The van der Waals surface area contributed by atoms with Crippen LogP contribution in [0, 0.1) is 0 Å². The van der Waals surface area contributed by atoms with Crippen molar-refractivity contribution in [2.24, 2.45) is 0 Å². The summed E-state index contributed by atoms with van der Waals surface area (Å²) in [5.74, 6) is 0. The van der Waals surface area contributed by atoms with Crippen molar-refractivity contribution in [3.8, 4) is 0 Å². The normalized spacial score (nSPS) is 22.2. The number of sulfonamides is 1. The van der Waals surface area contributed by atoms with Crippen LogP contribution in [0.15, 0.2) is 40.6 Å². The summed E-state index contributed by atoms with van der Waals surface area (Å²) in [5, 5.41) is 2.03. The highest BCUT2D eigenvalue weighted by molar-refractivity contribution is 7.89. The van der Waals surface area contributed by atoms with Crippen molar-refractivity contribution in [3.05, 3.63) is 51.7 Å². The van der Waals surface area contributed by atoms with Gasteiger partial charge < -0.3 is 0 Å². The van der Waals surface area contributed by atoms with E-state index in [0.29, 0.717) is 11.4 Å². The molecule has 4 rings (SSSR count). The zero-order valence-corrected chi connectivity index (χ0v) is 14.7. The van der Waals surface area contributed by atoms with E-state index in [4.69, 9.17) is 0 Å². The Balaban J connectivity index is 1.69. The summed E-state index contributed by atoms with van der Waals surface area (Å²) in [7, 11) is -3.41. The van der Waals surface area contributed by atoms with E-state index in [9.17, 15) is 8.42 Å². The lowest BCUT2D eigenvalue weighted by molar-refractivity contribution is 0.401. The maximum absolute atomic E-state index is 13.2. The van der Waals surface area contributed by atoms with Crippen molar-refractivity contribution in [1.29, 1.82) is 0 Å². The molecule has 2 aromatic rings. The van der Waals surface area contributed by atoms with Crippen molar-refractivity contribution in [2.45, 2.75) is 49.5 Å². The third-order valence-electron chi connectivity index (χ3n) is 5.00. The summed E-state index contributed by atoms with van der Waals surface area (Å²) < 4.78 is 28.0. The first-order valence-electron chi connectivity index (χ1n) is 8.33. The summed E-state index contributed by atoms with van der Waals surface area (Å²) in [5.41, 5.74) is 2.55. The standard InChI is InChI=1S/C18H21NO2S2/c20-23(21,16-10-9-14-5-1-2-6-15(14)13-16)19-11-3-7-17(19)18-8-4-12-22-18/h4,8-10,12-13,17H,1-3,5-7,11H2. The third-order valence-corrected chi connectivity index (χ3v) is 7.88. The second-order valence-electron chi connectivity index (χ2n) is 6.43. The maximum atomic E-state index is 13.2. The van der Waals surface area contributed by atoms with E-state index in [1.807, 2.05) is 29.6 Å². The molecule has 0 radical (unpaired) electrons. The number of benzene rings is 1. The second-order valence-corrected chi connectivity index (χ2v) is 9.30. The molecule has 23 heavy (non-hydrogen) atoms. The minimum Gasteiger partial charge on any atom is -0.207 e. The lowest BCUT2D eigenvalue weighted by atomic mass is 9.92. The number of hydrogen-bond acceptors (Lipinski definition) is 3. The summed E-state index contributed by atoms with van der Waals surface area (Å²) in [6, 6.07) is 9.82. The Kier molecular flexibility index (Phi) is 4.03. The molecule has 0 bridgehead atoms. The molecular formula is C18H21NO2S2. The molecule has 1 fully saturated rings. The minimum absolute atomic E-state index is 0.0102. The Morgan fingerprint density at radius 1 is 1.04 bits per heavy atom. The van der Waals surface area contributed by atoms with Crippen molar-refractivity contribution in [2.75, 3.05) is 6.54 Å². The van der Waals surface area contributed by atoms with Crippen molar-refractivity contribution >= 4 is 21.4 Å². The quantitative estimate of drug-likeness (QED) is 0.836. The largest absolute Gasteiger partial charge is 0.243 e. The summed E-state index contributed by atoms with van der Waals surface area (Å²) >= 11 is 1.65. The number of aryl methyl sites for hydroxylation is 2. The minimum atomic E-state index is -3.41.